The van der Waals surface area contributed by atoms with E-state index >= 15 is 0 Å². The molecule has 0 spiro atoms. The van der Waals surface area contributed by atoms with Crippen LogP contribution >= 0.6 is 23.2 Å². The molecule has 1 aliphatic rings. The number of piperazine rings is 1. The SMILES string of the molecule is CC1CN(C)CCN1C(=O)c1cc(Cl)c(Cl)n1C. The molecule has 0 saturated carbocycles. The highest BCUT2D eigenvalue weighted by atomic mass is 35.5. The summed E-state index contributed by atoms with van der Waals surface area (Å²) in [5, 5.41) is 0.825. The number of carbonyl (C=O) groups excluding carboxylic acids is 1. The van der Waals surface area contributed by atoms with Gasteiger partial charge in [0, 0.05) is 32.7 Å². The zero-order valence-corrected chi connectivity index (χ0v) is 12.3. The van der Waals surface area contributed by atoms with Crippen LogP contribution in [0.2, 0.25) is 10.2 Å². The molecular formula is C12H17Cl2N3O. The van der Waals surface area contributed by atoms with Crippen molar-refractivity contribution in [2.45, 2.75) is 13.0 Å². The Morgan fingerprint density at radius 1 is 1.33 bits per heavy atom. The molecule has 4 nitrogen and oxygen atoms in total. The van der Waals surface area contributed by atoms with Crippen molar-refractivity contribution in [1.29, 1.82) is 0 Å². The Morgan fingerprint density at radius 2 is 2.00 bits per heavy atom. The fraction of sp³-hybridized carbons (Fsp3) is 0.583. The van der Waals surface area contributed by atoms with Crippen molar-refractivity contribution in [1.82, 2.24) is 14.4 Å². The van der Waals surface area contributed by atoms with Crippen LogP contribution in [-0.4, -0.2) is 53.0 Å². The Bertz CT molecular complexity index is 472. The lowest BCUT2D eigenvalue weighted by Gasteiger charge is -2.38. The average Bonchev–Trinajstić information content (AvgIpc) is 2.56. The van der Waals surface area contributed by atoms with Crippen LogP contribution < -0.4 is 0 Å². The number of hydrogen-bond donors (Lipinski definition) is 0. The zero-order chi connectivity index (χ0) is 13.4. The normalized spacial score (nSPS) is 21.4. The molecule has 1 atom stereocenters. The number of aromatic nitrogens is 1. The molecular weight excluding hydrogens is 273 g/mol. The van der Waals surface area contributed by atoms with E-state index in [9.17, 15) is 4.79 Å². The highest BCUT2D eigenvalue weighted by Gasteiger charge is 2.28. The van der Waals surface area contributed by atoms with Crippen LogP contribution in [0.5, 0.6) is 0 Å². The standard InChI is InChI=1S/C12H17Cl2N3O/c1-8-7-15(2)4-5-17(8)12(18)10-6-9(13)11(14)16(10)3/h6,8H,4-5,7H2,1-3H3. The van der Waals surface area contributed by atoms with Crippen LogP contribution in [0.3, 0.4) is 0 Å². The number of hydrogen-bond acceptors (Lipinski definition) is 2. The molecule has 0 bridgehead atoms. The minimum Gasteiger partial charge on any atom is -0.332 e. The van der Waals surface area contributed by atoms with Gasteiger partial charge >= 0.3 is 0 Å². The van der Waals surface area contributed by atoms with Crippen molar-refractivity contribution < 1.29 is 4.79 Å². The molecule has 6 heteroatoms. The molecule has 0 radical (unpaired) electrons. The summed E-state index contributed by atoms with van der Waals surface area (Å²) in [4.78, 5) is 16.6. The lowest BCUT2D eigenvalue weighted by atomic mass is 10.2. The van der Waals surface area contributed by atoms with Gasteiger partial charge in [-0.1, -0.05) is 23.2 Å². The topological polar surface area (TPSA) is 28.5 Å². The van der Waals surface area contributed by atoms with Crippen molar-refractivity contribution in [2.24, 2.45) is 7.05 Å². The van der Waals surface area contributed by atoms with Gasteiger partial charge < -0.3 is 14.4 Å². The quantitative estimate of drug-likeness (QED) is 0.792. The summed E-state index contributed by atoms with van der Waals surface area (Å²) < 4.78 is 1.64. The monoisotopic (exact) mass is 289 g/mol. The van der Waals surface area contributed by atoms with Crippen LogP contribution in [0.1, 0.15) is 17.4 Å². The maximum Gasteiger partial charge on any atom is 0.270 e. The fourth-order valence-corrected chi connectivity index (χ4v) is 2.71. The summed E-state index contributed by atoms with van der Waals surface area (Å²) >= 11 is 11.9. The van der Waals surface area contributed by atoms with Gasteiger partial charge in [-0.3, -0.25) is 4.79 Å². The van der Waals surface area contributed by atoms with Gasteiger partial charge in [-0.05, 0) is 20.0 Å². The number of likely N-dealkylation sites (N-methyl/N-ethyl adjacent to an activating group) is 1. The van der Waals surface area contributed by atoms with Crippen molar-refractivity contribution in [3.05, 3.63) is 21.9 Å². The first-order valence-electron chi connectivity index (χ1n) is 5.92. The van der Waals surface area contributed by atoms with Crippen LogP contribution in [0.25, 0.3) is 0 Å². The lowest BCUT2D eigenvalue weighted by molar-refractivity contribution is 0.0524. The number of nitrogens with zero attached hydrogens (tertiary/aromatic N) is 3. The third-order valence-electron chi connectivity index (χ3n) is 3.43. The molecule has 1 saturated heterocycles. The van der Waals surface area contributed by atoms with Gasteiger partial charge in [0.05, 0.1) is 5.02 Å². The predicted molar refractivity (Wildman–Crippen MR) is 73.4 cm³/mol. The molecule has 18 heavy (non-hydrogen) atoms. The second-order valence-corrected chi connectivity index (χ2v) is 5.60. The summed E-state index contributed by atoms with van der Waals surface area (Å²) in [6.07, 6.45) is 0. The highest BCUT2D eigenvalue weighted by molar-refractivity contribution is 6.41. The summed E-state index contributed by atoms with van der Waals surface area (Å²) in [5.74, 6) is -0.00750. The predicted octanol–water partition coefficient (Wildman–Crippen LogP) is 2.11. The molecule has 0 N–H and O–H groups in total. The van der Waals surface area contributed by atoms with E-state index in [4.69, 9.17) is 23.2 Å². The third kappa shape index (κ3) is 2.37. The van der Waals surface area contributed by atoms with E-state index in [1.807, 2.05) is 4.90 Å². The molecule has 1 aromatic rings. The molecule has 2 heterocycles. The second-order valence-electron chi connectivity index (χ2n) is 4.84. The Labute approximate surface area is 117 Å². The third-order valence-corrected chi connectivity index (χ3v) is 4.27. The minimum absolute atomic E-state index is 0.00750. The van der Waals surface area contributed by atoms with E-state index in [1.165, 1.54) is 0 Å². The minimum atomic E-state index is -0.00750. The smallest absolute Gasteiger partial charge is 0.270 e. The fourth-order valence-electron chi connectivity index (χ4n) is 2.34. The largest absolute Gasteiger partial charge is 0.332 e. The van der Waals surface area contributed by atoms with Crippen LogP contribution in [0, 0.1) is 0 Å². The van der Waals surface area contributed by atoms with Crippen molar-refractivity contribution in [3.63, 3.8) is 0 Å². The average molecular weight is 290 g/mol. The Hall–Kier alpha value is -0.710. The molecule has 0 aliphatic carbocycles. The molecule has 1 aromatic heterocycles. The van der Waals surface area contributed by atoms with Gasteiger partial charge in [0.2, 0.25) is 0 Å². The number of halogens is 2. The summed E-state index contributed by atoms with van der Waals surface area (Å²) in [7, 11) is 3.82. The molecule has 1 amide bonds. The van der Waals surface area contributed by atoms with Crippen molar-refractivity contribution in [3.8, 4) is 0 Å². The van der Waals surface area contributed by atoms with Gasteiger partial charge in [0.25, 0.3) is 5.91 Å². The van der Waals surface area contributed by atoms with E-state index in [-0.39, 0.29) is 11.9 Å². The first kappa shape index (κ1) is 13.7. The van der Waals surface area contributed by atoms with Crippen LogP contribution in [0.4, 0.5) is 0 Å². The zero-order valence-electron chi connectivity index (χ0n) is 10.8. The van der Waals surface area contributed by atoms with Crippen LogP contribution in [-0.2, 0) is 7.05 Å². The lowest BCUT2D eigenvalue weighted by Crippen LogP contribution is -2.53. The number of carbonyl (C=O) groups is 1. The number of amides is 1. The van der Waals surface area contributed by atoms with Gasteiger partial charge in [0.1, 0.15) is 10.8 Å². The maximum absolute atomic E-state index is 12.5. The molecule has 1 aliphatic heterocycles. The second kappa shape index (κ2) is 5.11. The van der Waals surface area contributed by atoms with E-state index < -0.39 is 0 Å². The van der Waals surface area contributed by atoms with Gasteiger partial charge in [0.15, 0.2) is 0 Å². The Morgan fingerprint density at radius 3 is 2.50 bits per heavy atom. The first-order chi connectivity index (χ1) is 8.41. The number of rotatable bonds is 1. The van der Waals surface area contributed by atoms with E-state index in [0.29, 0.717) is 15.9 Å². The summed E-state index contributed by atoms with van der Waals surface area (Å²) in [6, 6.07) is 1.83. The molecule has 1 fully saturated rings. The van der Waals surface area contributed by atoms with Crippen LogP contribution in [0.15, 0.2) is 6.07 Å². The van der Waals surface area contributed by atoms with Gasteiger partial charge in [-0.15, -0.1) is 0 Å². The maximum atomic E-state index is 12.5. The summed E-state index contributed by atoms with van der Waals surface area (Å²) in [6.45, 7) is 4.57. The first-order valence-corrected chi connectivity index (χ1v) is 6.67. The van der Waals surface area contributed by atoms with Crippen molar-refractivity contribution >= 4 is 29.1 Å². The Kier molecular flexibility index (Phi) is 3.90. The van der Waals surface area contributed by atoms with Gasteiger partial charge in [-0.2, -0.15) is 0 Å². The van der Waals surface area contributed by atoms with E-state index in [0.717, 1.165) is 19.6 Å². The van der Waals surface area contributed by atoms with E-state index in [1.54, 1.807) is 17.7 Å². The van der Waals surface area contributed by atoms with E-state index in [2.05, 4.69) is 18.9 Å². The molecule has 1 unspecified atom stereocenters. The molecule has 100 valence electrons. The highest BCUT2D eigenvalue weighted by Crippen LogP contribution is 2.26. The molecule has 0 aromatic carbocycles. The Balaban J connectivity index is 2.23. The summed E-state index contributed by atoms with van der Waals surface area (Å²) in [5.41, 5.74) is 0.543. The van der Waals surface area contributed by atoms with Gasteiger partial charge in [-0.25, -0.2) is 0 Å². The molecule has 2 rings (SSSR count). The van der Waals surface area contributed by atoms with Crippen molar-refractivity contribution in [2.75, 3.05) is 26.7 Å².